The van der Waals surface area contributed by atoms with Crippen molar-refractivity contribution < 1.29 is 14.6 Å². The Morgan fingerprint density at radius 1 is 1.22 bits per heavy atom. The van der Waals surface area contributed by atoms with Gasteiger partial charge in [-0.15, -0.1) is 0 Å². The molecule has 3 aromatic rings. The lowest BCUT2D eigenvalue weighted by Gasteiger charge is -2.30. The highest BCUT2D eigenvalue weighted by atomic mass is 32.1. The van der Waals surface area contributed by atoms with Crippen molar-refractivity contribution in [1.29, 1.82) is 0 Å². The Balaban J connectivity index is 1.57. The maximum Gasteiger partial charge on any atom is 0.335 e. The number of thiocarbonyl (C=S) groups is 1. The van der Waals surface area contributed by atoms with Gasteiger partial charge in [-0.05, 0) is 67.5 Å². The average molecular weight is 449 g/mol. The number of carboxylic acids is 1. The molecule has 0 unspecified atom stereocenters. The largest absolute Gasteiger partial charge is 0.478 e. The van der Waals surface area contributed by atoms with E-state index in [0.717, 1.165) is 36.5 Å². The summed E-state index contributed by atoms with van der Waals surface area (Å²) in [6.45, 7) is 1.48. The van der Waals surface area contributed by atoms with Crippen LogP contribution in [0.4, 0.5) is 0 Å². The summed E-state index contributed by atoms with van der Waals surface area (Å²) in [7, 11) is 0. The fourth-order valence-electron chi connectivity index (χ4n) is 4.59. The summed E-state index contributed by atoms with van der Waals surface area (Å²) in [5, 5.41) is 13.6. The molecule has 2 aromatic heterocycles. The van der Waals surface area contributed by atoms with Crippen molar-refractivity contribution in [2.24, 2.45) is 0 Å². The molecule has 0 amide bonds. The summed E-state index contributed by atoms with van der Waals surface area (Å²) < 4.78 is 7.94. The normalized spacial score (nSPS) is 22.8. The molecule has 2 aliphatic heterocycles. The summed E-state index contributed by atoms with van der Waals surface area (Å²) in [6.07, 6.45) is 5.96. The third-order valence-corrected chi connectivity index (χ3v) is 6.43. The van der Waals surface area contributed by atoms with Crippen LogP contribution in [0.3, 0.4) is 0 Å². The lowest BCUT2D eigenvalue weighted by Crippen LogP contribution is -2.36. The second-order valence-corrected chi connectivity index (χ2v) is 8.46. The number of hydrogen-bond acceptors (Lipinski definition) is 4. The van der Waals surface area contributed by atoms with Gasteiger partial charge in [0, 0.05) is 36.9 Å². The van der Waals surface area contributed by atoms with Crippen LogP contribution in [0.2, 0.25) is 0 Å². The Hall–Kier alpha value is -3.23. The summed E-state index contributed by atoms with van der Waals surface area (Å²) >= 11 is 5.76. The predicted molar refractivity (Wildman–Crippen MR) is 124 cm³/mol. The summed E-state index contributed by atoms with van der Waals surface area (Å²) in [6, 6.07) is 16.6. The van der Waals surface area contributed by atoms with Crippen LogP contribution in [0.5, 0.6) is 0 Å². The van der Waals surface area contributed by atoms with Crippen molar-refractivity contribution in [3.05, 3.63) is 83.9 Å². The molecule has 0 saturated carbocycles. The molecule has 7 nitrogen and oxygen atoms in total. The van der Waals surface area contributed by atoms with Gasteiger partial charge < -0.3 is 24.6 Å². The Morgan fingerprint density at radius 3 is 2.88 bits per heavy atom. The molecular weight excluding hydrogens is 424 g/mol. The van der Waals surface area contributed by atoms with Crippen LogP contribution in [0.15, 0.2) is 67.0 Å². The van der Waals surface area contributed by atoms with E-state index in [2.05, 4.69) is 21.3 Å². The number of aromatic nitrogens is 2. The molecule has 164 valence electrons. The number of benzene rings is 1. The standard InChI is InChI=1S/C24H24N4O3S/c29-23(30)16-6-3-7-17(14-16)27-12-4-10-20(27)22-21(19-9-1-2-11-25-19)26-24(32)28(22)15-18-8-5-13-31-18/h1-4,6-7,9-12,14,18,21-22H,5,8,13,15H2,(H,26,32)(H,29,30)/t18-,21-,22-/m0/s1. The predicted octanol–water partition coefficient (Wildman–Crippen LogP) is 3.72. The fraction of sp³-hybridized carbons (Fsp3) is 0.292. The van der Waals surface area contributed by atoms with Gasteiger partial charge in [-0.3, -0.25) is 4.98 Å². The Morgan fingerprint density at radius 2 is 2.12 bits per heavy atom. The molecule has 0 spiro atoms. The molecule has 2 saturated heterocycles. The van der Waals surface area contributed by atoms with E-state index in [1.54, 1.807) is 24.4 Å². The van der Waals surface area contributed by atoms with E-state index >= 15 is 0 Å². The molecule has 8 heteroatoms. The maximum absolute atomic E-state index is 11.5. The maximum atomic E-state index is 11.5. The highest BCUT2D eigenvalue weighted by Crippen LogP contribution is 2.40. The number of aromatic carboxylic acids is 1. The lowest BCUT2D eigenvalue weighted by atomic mass is 10.0. The third-order valence-electron chi connectivity index (χ3n) is 6.08. The van der Waals surface area contributed by atoms with E-state index in [4.69, 9.17) is 17.0 Å². The van der Waals surface area contributed by atoms with Crippen molar-refractivity contribution in [3.8, 4) is 5.69 Å². The Labute approximate surface area is 191 Å². The quantitative estimate of drug-likeness (QED) is 0.557. The van der Waals surface area contributed by atoms with Gasteiger partial charge in [0.2, 0.25) is 0 Å². The number of nitrogens with one attached hydrogen (secondary N) is 1. The minimum absolute atomic E-state index is 0.120. The molecule has 0 radical (unpaired) electrons. The second-order valence-electron chi connectivity index (χ2n) is 8.07. The molecule has 0 bridgehead atoms. The Bertz CT molecular complexity index is 1130. The number of carbonyl (C=O) groups is 1. The van der Waals surface area contributed by atoms with Gasteiger partial charge in [-0.25, -0.2) is 4.79 Å². The van der Waals surface area contributed by atoms with Crippen LogP contribution < -0.4 is 5.32 Å². The molecule has 2 N–H and O–H groups in total. The number of rotatable bonds is 6. The zero-order chi connectivity index (χ0) is 22.1. The summed E-state index contributed by atoms with van der Waals surface area (Å²) in [5.41, 5.74) is 2.95. The van der Waals surface area contributed by atoms with E-state index in [0.29, 0.717) is 11.7 Å². The number of ether oxygens (including phenoxy) is 1. The van der Waals surface area contributed by atoms with Crippen molar-refractivity contribution in [2.45, 2.75) is 31.0 Å². The molecule has 32 heavy (non-hydrogen) atoms. The minimum atomic E-state index is -0.948. The summed E-state index contributed by atoms with van der Waals surface area (Å²) in [5.74, 6) is -0.948. The van der Waals surface area contributed by atoms with Crippen LogP contribution in [-0.4, -0.2) is 49.9 Å². The zero-order valence-corrected chi connectivity index (χ0v) is 18.2. The molecule has 0 aliphatic carbocycles. The van der Waals surface area contributed by atoms with Crippen LogP contribution in [-0.2, 0) is 4.74 Å². The van der Waals surface area contributed by atoms with E-state index in [9.17, 15) is 9.90 Å². The zero-order valence-electron chi connectivity index (χ0n) is 17.4. The average Bonchev–Trinajstić information content (AvgIpc) is 3.56. The molecule has 2 aliphatic rings. The van der Waals surface area contributed by atoms with Crippen molar-refractivity contribution >= 4 is 23.3 Å². The first-order valence-electron chi connectivity index (χ1n) is 10.7. The van der Waals surface area contributed by atoms with Crippen LogP contribution in [0.25, 0.3) is 5.69 Å². The second kappa shape index (κ2) is 8.72. The van der Waals surface area contributed by atoms with Gasteiger partial charge >= 0.3 is 5.97 Å². The molecule has 3 atom stereocenters. The van der Waals surface area contributed by atoms with Gasteiger partial charge in [0.25, 0.3) is 0 Å². The van der Waals surface area contributed by atoms with Crippen LogP contribution >= 0.6 is 12.2 Å². The van der Waals surface area contributed by atoms with Gasteiger partial charge in [0.15, 0.2) is 5.11 Å². The molecule has 4 heterocycles. The Kier molecular flexibility index (Phi) is 5.63. The van der Waals surface area contributed by atoms with Gasteiger partial charge in [0.05, 0.1) is 29.4 Å². The first-order valence-corrected chi connectivity index (χ1v) is 11.1. The number of carboxylic acid groups (broad SMARTS) is 1. The van der Waals surface area contributed by atoms with Crippen LogP contribution in [0, 0.1) is 0 Å². The highest BCUT2D eigenvalue weighted by Gasteiger charge is 2.42. The fourth-order valence-corrected chi connectivity index (χ4v) is 4.91. The highest BCUT2D eigenvalue weighted by molar-refractivity contribution is 7.80. The number of pyridine rings is 1. The lowest BCUT2D eigenvalue weighted by molar-refractivity contribution is 0.0696. The van der Waals surface area contributed by atoms with Gasteiger partial charge in [-0.2, -0.15) is 0 Å². The minimum Gasteiger partial charge on any atom is -0.478 e. The van der Waals surface area contributed by atoms with E-state index in [1.165, 1.54) is 0 Å². The monoisotopic (exact) mass is 448 g/mol. The molecule has 1 aromatic carbocycles. The van der Waals surface area contributed by atoms with E-state index in [-0.39, 0.29) is 23.8 Å². The third kappa shape index (κ3) is 3.87. The first-order chi connectivity index (χ1) is 15.6. The number of hydrogen-bond donors (Lipinski definition) is 2. The molecule has 5 rings (SSSR count). The molecule has 2 fully saturated rings. The van der Waals surface area contributed by atoms with Gasteiger partial charge in [-0.1, -0.05) is 12.1 Å². The van der Waals surface area contributed by atoms with E-state index < -0.39 is 5.97 Å². The topological polar surface area (TPSA) is 79.6 Å². The number of nitrogens with zero attached hydrogens (tertiary/aromatic N) is 3. The first kappa shape index (κ1) is 20.7. The molecular formula is C24H24N4O3S. The van der Waals surface area contributed by atoms with Gasteiger partial charge in [0.1, 0.15) is 0 Å². The van der Waals surface area contributed by atoms with E-state index in [1.807, 2.05) is 41.1 Å². The van der Waals surface area contributed by atoms with Crippen molar-refractivity contribution in [1.82, 2.24) is 19.8 Å². The van der Waals surface area contributed by atoms with Crippen molar-refractivity contribution in [3.63, 3.8) is 0 Å². The summed E-state index contributed by atoms with van der Waals surface area (Å²) in [4.78, 5) is 18.3. The van der Waals surface area contributed by atoms with Crippen LogP contribution in [0.1, 0.15) is 46.7 Å². The van der Waals surface area contributed by atoms with Crippen molar-refractivity contribution in [2.75, 3.05) is 13.2 Å². The SMILES string of the molecule is O=C(O)c1cccc(-n2cccc2[C@H]2[C@H](c3ccccn3)NC(=S)N2C[C@@H]2CCCO2)c1. The smallest absolute Gasteiger partial charge is 0.335 e.